The number of rotatable bonds is 7. The fourth-order valence-electron chi connectivity index (χ4n) is 5.20. The molecule has 3 heterocycles. The van der Waals surface area contributed by atoms with Crippen LogP contribution >= 0.6 is 11.3 Å². The summed E-state index contributed by atoms with van der Waals surface area (Å²) in [6.07, 6.45) is 2.65. The Morgan fingerprint density at radius 3 is 2.53 bits per heavy atom. The first kappa shape index (κ1) is 23.3. The van der Waals surface area contributed by atoms with E-state index in [1.165, 1.54) is 12.8 Å². The molecule has 9 nitrogen and oxygen atoms in total. The highest BCUT2D eigenvalue weighted by atomic mass is 32.1. The second-order valence-corrected chi connectivity index (χ2v) is 10.9. The van der Waals surface area contributed by atoms with Crippen molar-refractivity contribution in [3.05, 3.63) is 23.7 Å². The molecule has 5 rings (SSSR count). The van der Waals surface area contributed by atoms with E-state index in [0.717, 1.165) is 44.6 Å². The Kier molecular flexibility index (Phi) is 6.41. The summed E-state index contributed by atoms with van der Waals surface area (Å²) < 4.78 is 1.03. The van der Waals surface area contributed by atoms with Gasteiger partial charge in [-0.2, -0.15) is 4.98 Å². The number of aliphatic hydroxyl groups is 3. The van der Waals surface area contributed by atoms with Gasteiger partial charge in [-0.25, -0.2) is 9.97 Å². The van der Waals surface area contributed by atoms with Gasteiger partial charge in [0.1, 0.15) is 22.4 Å². The standard InChI is InChI=1S/C24H32N6O3S/c1-11-6-14(7-11)9-26-24-27-12(2)18(23-29-19-13(3)25-5-4-17(19)34-23)22(30-24)28-16-8-15(10-31)20(32)21(16)33/h4-5,11,14-16,20-21,31-33H,6-10H2,1-3H3,(H2,26,27,28,30)/t11?,14?,15-,16-,20-,21+/m1/s1. The van der Waals surface area contributed by atoms with Crippen LogP contribution < -0.4 is 10.6 Å². The van der Waals surface area contributed by atoms with Gasteiger partial charge < -0.3 is 26.0 Å². The van der Waals surface area contributed by atoms with Gasteiger partial charge in [0.2, 0.25) is 5.95 Å². The minimum Gasteiger partial charge on any atom is -0.396 e. The number of nitrogens with zero attached hydrogens (tertiary/aromatic N) is 4. The first-order valence-electron chi connectivity index (χ1n) is 11.9. The maximum Gasteiger partial charge on any atom is 0.224 e. The summed E-state index contributed by atoms with van der Waals surface area (Å²) >= 11 is 1.55. The minimum absolute atomic E-state index is 0.178. The zero-order valence-corrected chi connectivity index (χ0v) is 20.5. The smallest absolute Gasteiger partial charge is 0.224 e. The number of thiazole rings is 1. The predicted octanol–water partition coefficient (Wildman–Crippen LogP) is 2.74. The Bertz CT molecular complexity index is 1180. The number of anilines is 2. The summed E-state index contributed by atoms with van der Waals surface area (Å²) in [7, 11) is 0. The van der Waals surface area contributed by atoms with Gasteiger partial charge in [0.05, 0.1) is 33.8 Å². The molecule has 3 aromatic rings. The third kappa shape index (κ3) is 4.35. The minimum atomic E-state index is -1.00. The van der Waals surface area contributed by atoms with Crippen molar-refractivity contribution in [2.45, 2.75) is 58.3 Å². The quantitative estimate of drug-likeness (QED) is 0.343. The highest BCUT2D eigenvalue weighted by Gasteiger charge is 2.41. The highest BCUT2D eigenvalue weighted by molar-refractivity contribution is 7.21. The maximum atomic E-state index is 10.6. The van der Waals surface area contributed by atoms with Crippen LogP contribution in [0.5, 0.6) is 0 Å². The molecule has 2 saturated carbocycles. The number of hydrogen-bond acceptors (Lipinski definition) is 10. The lowest BCUT2D eigenvalue weighted by atomic mass is 9.76. The summed E-state index contributed by atoms with van der Waals surface area (Å²) in [5, 5.41) is 38.0. The van der Waals surface area contributed by atoms with Gasteiger partial charge >= 0.3 is 0 Å². The van der Waals surface area contributed by atoms with Crippen molar-refractivity contribution in [3.63, 3.8) is 0 Å². The average Bonchev–Trinajstić information content (AvgIpc) is 3.33. The summed E-state index contributed by atoms with van der Waals surface area (Å²) in [5.74, 6) is 2.13. The first-order valence-corrected chi connectivity index (χ1v) is 12.7. The first-order chi connectivity index (χ1) is 16.3. The van der Waals surface area contributed by atoms with Crippen LogP contribution in [0.3, 0.4) is 0 Å². The molecule has 5 N–H and O–H groups in total. The molecule has 2 fully saturated rings. The highest BCUT2D eigenvalue weighted by Crippen LogP contribution is 2.39. The normalized spacial score (nSPS) is 28.8. The molecule has 0 spiro atoms. The topological polar surface area (TPSA) is 136 Å². The van der Waals surface area contributed by atoms with Crippen LogP contribution in [0, 0.1) is 31.6 Å². The molecule has 0 saturated heterocycles. The Morgan fingerprint density at radius 2 is 1.85 bits per heavy atom. The molecule has 0 aliphatic heterocycles. The summed E-state index contributed by atoms with van der Waals surface area (Å²) in [4.78, 5) is 18.7. The SMILES string of the molecule is Cc1nc(NCC2CC(C)C2)nc(N[C@@H]2C[C@H](CO)[C@@H](O)[C@H]2O)c1-c1nc2c(C)nccc2s1. The Hall–Kier alpha value is -2.40. The molecule has 182 valence electrons. The molecule has 0 radical (unpaired) electrons. The van der Waals surface area contributed by atoms with E-state index in [9.17, 15) is 15.3 Å². The van der Waals surface area contributed by atoms with Crippen molar-refractivity contribution in [3.8, 4) is 10.6 Å². The number of pyridine rings is 1. The molecule has 10 heteroatoms. The molecule has 2 aliphatic carbocycles. The van der Waals surface area contributed by atoms with Crippen LogP contribution in [-0.2, 0) is 0 Å². The summed E-state index contributed by atoms with van der Waals surface area (Å²) in [6.45, 7) is 6.79. The number of aryl methyl sites for hydroxylation is 2. The van der Waals surface area contributed by atoms with Crippen molar-refractivity contribution >= 4 is 33.3 Å². The number of fused-ring (bicyclic) bond motifs is 1. The van der Waals surface area contributed by atoms with E-state index >= 15 is 0 Å². The van der Waals surface area contributed by atoms with E-state index in [1.807, 2.05) is 19.9 Å². The Labute approximate surface area is 202 Å². The number of hydrogen-bond donors (Lipinski definition) is 5. The molecule has 2 aliphatic rings. The van der Waals surface area contributed by atoms with Crippen LogP contribution in [0.15, 0.2) is 12.3 Å². The zero-order valence-electron chi connectivity index (χ0n) is 19.7. The lowest BCUT2D eigenvalue weighted by Crippen LogP contribution is -2.36. The predicted molar refractivity (Wildman–Crippen MR) is 133 cm³/mol. The van der Waals surface area contributed by atoms with E-state index in [-0.39, 0.29) is 12.5 Å². The van der Waals surface area contributed by atoms with E-state index in [0.29, 0.717) is 24.1 Å². The van der Waals surface area contributed by atoms with Crippen molar-refractivity contribution in [2.24, 2.45) is 17.8 Å². The second kappa shape index (κ2) is 9.33. The molecular formula is C24H32N6O3S. The maximum absolute atomic E-state index is 10.6. The van der Waals surface area contributed by atoms with Crippen molar-refractivity contribution in [1.29, 1.82) is 0 Å². The number of aromatic nitrogens is 4. The van der Waals surface area contributed by atoms with Crippen molar-refractivity contribution in [2.75, 3.05) is 23.8 Å². The zero-order chi connectivity index (χ0) is 24.0. The third-order valence-corrected chi connectivity index (χ3v) is 8.21. The lowest BCUT2D eigenvalue weighted by Gasteiger charge is -2.32. The van der Waals surface area contributed by atoms with Crippen LogP contribution in [0.1, 0.15) is 37.6 Å². The van der Waals surface area contributed by atoms with E-state index in [2.05, 4.69) is 22.5 Å². The van der Waals surface area contributed by atoms with Gasteiger partial charge in [-0.1, -0.05) is 6.92 Å². The van der Waals surface area contributed by atoms with Gasteiger partial charge in [-0.15, -0.1) is 11.3 Å². The van der Waals surface area contributed by atoms with Gasteiger partial charge in [0.25, 0.3) is 0 Å². The molecule has 4 atom stereocenters. The van der Waals surface area contributed by atoms with Crippen LogP contribution in [0.4, 0.5) is 11.8 Å². The molecule has 0 aromatic carbocycles. The van der Waals surface area contributed by atoms with E-state index in [1.54, 1.807) is 17.5 Å². The number of aliphatic hydroxyl groups excluding tert-OH is 3. The molecule has 3 aromatic heterocycles. The second-order valence-electron chi connectivity index (χ2n) is 9.85. The van der Waals surface area contributed by atoms with Gasteiger partial charge in [0.15, 0.2) is 0 Å². The van der Waals surface area contributed by atoms with Crippen LogP contribution in [-0.4, -0.2) is 66.7 Å². The fraction of sp³-hybridized carbons (Fsp3) is 0.583. The molecule has 0 unspecified atom stereocenters. The molecule has 34 heavy (non-hydrogen) atoms. The van der Waals surface area contributed by atoms with Crippen molar-refractivity contribution < 1.29 is 15.3 Å². The Balaban J connectivity index is 1.50. The fourth-order valence-corrected chi connectivity index (χ4v) is 6.31. The van der Waals surface area contributed by atoms with Crippen molar-refractivity contribution in [1.82, 2.24) is 19.9 Å². The largest absolute Gasteiger partial charge is 0.396 e. The molecule has 0 bridgehead atoms. The average molecular weight is 485 g/mol. The third-order valence-electron chi connectivity index (χ3n) is 7.17. The van der Waals surface area contributed by atoms with Gasteiger partial charge in [0, 0.05) is 25.3 Å². The van der Waals surface area contributed by atoms with E-state index in [4.69, 9.17) is 15.0 Å². The summed E-state index contributed by atoms with van der Waals surface area (Å²) in [6, 6.07) is 1.50. The summed E-state index contributed by atoms with van der Waals surface area (Å²) in [5.41, 5.74) is 3.27. The van der Waals surface area contributed by atoms with Gasteiger partial charge in [-0.3, -0.25) is 4.98 Å². The molecule has 0 amide bonds. The van der Waals surface area contributed by atoms with E-state index < -0.39 is 18.2 Å². The number of nitrogens with one attached hydrogen (secondary N) is 2. The molecular weight excluding hydrogens is 452 g/mol. The van der Waals surface area contributed by atoms with Crippen LogP contribution in [0.2, 0.25) is 0 Å². The monoisotopic (exact) mass is 484 g/mol. The van der Waals surface area contributed by atoms with Crippen LogP contribution in [0.25, 0.3) is 20.8 Å². The van der Waals surface area contributed by atoms with Gasteiger partial charge in [-0.05, 0) is 51.0 Å². The Morgan fingerprint density at radius 1 is 1.06 bits per heavy atom. The lowest BCUT2D eigenvalue weighted by molar-refractivity contribution is 0.00446.